The van der Waals surface area contributed by atoms with Crippen LogP contribution in [0.15, 0.2) is 42.5 Å². The lowest BCUT2D eigenvalue weighted by atomic mass is 10.1. The molecule has 0 aliphatic carbocycles. The van der Waals surface area contributed by atoms with Crippen LogP contribution in [0.2, 0.25) is 0 Å². The first-order chi connectivity index (χ1) is 8.65. The maximum absolute atomic E-state index is 5.96. The van der Waals surface area contributed by atoms with Gasteiger partial charge in [0.1, 0.15) is 0 Å². The van der Waals surface area contributed by atoms with Crippen molar-refractivity contribution in [1.29, 1.82) is 0 Å². The maximum Gasteiger partial charge on any atom is 0.0574 e. The van der Waals surface area contributed by atoms with E-state index in [4.69, 9.17) is 5.73 Å². The summed E-state index contributed by atoms with van der Waals surface area (Å²) in [6, 6.07) is 14.7. The fraction of sp³-hybridized carbons (Fsp3) is 0.200. The van der Waals surface area contributed by atoms with Crippen molar-refractivity contribution < 1.29 is 0 Å². The Kier molecular flexibility index (Phi) is 4.47. The predicted molar refractivity (Wildman–Crippen MR) is 86.9 cm³/mol. The van der Waals surface area contributed by atoms with Crippen LogP contribution in [0.5, 0.6) is 0 Å². The molecule has 18 heavy (non-hydrogen) atoms. The molecule has 3 N–H and O–H groups in total. The Balaban J connectivity index is 1.92. The smallest absolute Gasteiger partial charge is 0.0574 e. The number of nitrogens with two attached hydrogens (primary N) is 1. The van der Waals surface area contributed by atoms with Crippen molar-refractivity contribution in [3.8, 4) is 0 Å². The zero-order valence-corrected chi connectivity index (χ0v) is 12.6. The average molecular weight is 352 g/mol. The number of halogens is 1. The van der Waals surface area contributed by atoms with E-state index < -0.39 is 0 Å². The largest absolute Gasteiger partial charge is 0.397 e. The van der Waals surface area contributed by atoms with E-state index in [1.54, 1.807) is 0 Å². The molecule has 3 heteroatoms. The lowest BCUT2D eigenvalue weighted by Gasteiger charge is -2.10. The Bertz CT molecular complexity index is 538. The van der Waals surface area contributed by atoms with Crippen LogP contribution in [0.3, 0.4) is 0 Å². The number of nitrogen functional groups attached to an aromatic ring is 1. The molecule has 0 saturated carbocycles. The molecule has 0 fully saturated rings. The Morgan fingerprint density at radius 2 is 2.00 bits per heavy atom. The SMILES string of the molecule is Cc1cccc(CCNc2ccc(I)cc2N)c1. The van der Waals surface area contributed by atoms with Crippen molar-refractivity contribution >= 4 is 34.0 Å². The average Bonchev–Trinajstić information content (AvgIpc) is 2.32. The second-order valence-electron chi connectivity index (χ2n) is 4.40. The molecular formula is C15H17IN2. The third-order valence-corrected chi connectivity index (χ3v) is 3.50. The number of aryl methyl sites for hydroxylation is 1. The molecule has 94 valence electrons. The summed E-state index contributed by atoms with van der Waals surface area (Å²) in [5.41, 5.74) is 10.4. The van der Waals surface area contributed by atoms with Crippen molar-refractivity contribution in [3.05, 3.63) is 57.2 Å². The number of benzene rings is 2. The van der Waals surface area contributed by atoms with Gasteiger partial charge in [0.05, 0.1) is 11.4 Å². The predicted octanol–water partition coefficient (Wildman–Crippen LogP) is 3.84. The van der Waals surface area contributed by atoms with Gasteiger partial charge in [-0.1, -0.05) is 29.8 Å². The second-order valence-corrected chi connectivity index (χ2v) is 5.64. The van der Waals surface area contributed by atoms with Gasteiger partial charge in [-0.2, -0.15) is 0 Å². The fourth-order valence-corrected chi connectivity index (χ4v) is 2.42. The zero-order chi connectivity index (χ0) is 13.0. The third kappa shape index (κ3) is 3.63. The molecule has 0 heterocycles. The normalized spacial score (nSPS) is 10.3. The van der Waals surface area contributed by atoms with Crippen LogP contribution >= 0.6 is 22.6 Å². The standard InChI is InChI=1S/C15H17IN2/c1-11-3-2-4-12(9-11)7-8-18-15-6-5-13(16)10-14(15)17/h2-6,9-10,18H,7-8,17H2,1H3. The highest BCUT2D eigenvalue weighted by Crippen LogP contribution is 2.20. The van der Waals surface area contributed by atoms with Gasteiger partial charge in [0.25, 0.3) is 0 Å². The lowest BCUT2D eigenvalue weighted by Crippen LogP contribution is -2.07. The minimum absolute atomic E-state index is 0.811. The molecule has 2 aromatic carbocycles. The summed E-state index contributed by atoms with van der Waals surface area (Å²) >= 11 is 2.26. The van der Waals surface area contributed by atoms with Crippen LogP contribution in [-0.2, 0) is 6.42 Å². The third-order valence-electron chi connectivity index (χ3n) is 2.83. The highest BCUT2D eigenvalue weighted by Gasteiger charge is 1.99. The summed E-state index contributed by atoms with van der Waals surface area (Å²) < 4.78 is 1.16. The monoisotopic (exact) mass is 352 g/mol. The van der Waals surface area contributed by atoms with Crippen LogP contribution in [0.1, 0.15) is 11.1 Å². The first-order valence-corrected chi connectivity index (χ1v) is 7.07. The zero-order valence-electron chi connectivity index (χ0n) is 10.4. The van der Waals surface area contributed by atoms with Gasteiger partial charge >= 0.3 is 0 Å². The van der Waals surface area contributed by atoms with E-state index >= 15 is 0 Å². The molecule has 0 spiro atoms. The Hall–Kier alpha value is -1.23. The minimum Gasteiger partial charge on any atom is -0.397 e. The van der Waals surface area contributed by atoms with Crippen LogP contribution in [0.4, 0.5) is 11.4 Å². The van der Waals surface area contributed by atoms with E-state index in [0.717, 1.165) is 27.9 Å². The number of rotatable bonds is 4. The molecule has 0 aliphatic heterocycles. The van der Waals surface area contributed by atoms with E-state index in [-0.39, 0.29) is 0 Å². The molecule has 2 aromatic rings. The minimum atomic E-state index is 0.811. The highest BCUT2D eigenvalue weighted by molar-refractivity contribution is 14.1. The summed E-state index contributed by atoms with van der Waals surface area (Å²) in [6.07, 6.45) is 1.01. The second kappa shape index (κ2) is 6.09. The molecule has 0 unspecified atom stereocenters. The van der Waals surface area contributed by atoms with Crippen molar-refractivity contribution in [1.82, 2.24) is 0 Å². The van der Waals surface area contributed by atoms with E-state index in [2.05, 4.69) is 65.2 Å². The number of hydrogen-bond donors (Lipinski definition) is 2. The number of hydrogen-bond acceptors (Lipinski definition) is 2. The molecule has 0 bridgehead atoms. The maximum atomic E-state index is 5.96. The summed E-state index contributed by atoms with van der Waals surface area (Å²) in [7, 11) is 0. The summed E-state index contributed by atoms with van der Waals surface area (Å²) in [5, 5.41) is 3.38. The van der Waals surface area contributed by atoms with Gasteiger partial charge in [-0.25, -0.2) is 0 Å². The van der Waals surface area contributed by atoms with Gasteiger partial charge in [0.15, 0.2) is 0 Å². The fourth-order valence-electron chi connectivity index (χ4n) is 1.90. The number of anilines is 2. The van der Waals surface area contributed by atoms with Crippen molar-refractivity contribution in [2.45, 2.75) is 13.3 Å². The molecule has 0 saturated heterocycles. The summed E-state index contributed by atoms with van der Waals surface area (Å²) in [4.78, 5) is 0. The lowest BCUT2D eigenvalue weighted by molar-refractivity contribution is 1.02. The molecular weight excluding hydrogens is 335 g/mol. The topological polar surface area (TPSA) is 38.0 Å². The van der Waals surface area contributed by atoms with Crippen LogP contribution in [0.25, 0.3) is 0 Å². The van der Waals surface area contributed by atoms with Crippen LogP contribution in [-0.4, -0.2) is 6.54 Å². The first-order valence-electron chi connectivity index (χ1n) is 5.99. The van der Waals surface area contributed by atoms with E-state index in [0.29, 0.717) is 0 Å². The van der Waals surface area contributed by atoms with Gasteiger partial charge in [0, 0.05) is 10.1 Å². The molecule has 0 atom stereocenters. The van der Waals surface area contributed by atoms with E-state index in [1.165, 1.54) is 11.1 Å². The van der Waals surface area contributed by atoms with Gasteiger partial charge < -0.3 is 11.1 Å². The van der Waals surface area contributed by atoms with Crippen molar-refractivity contribution in [2.24, 2.45) is 0 Å². The van der Waals surface area contributed by atoms with E-state index in [1.807, 2.05) is 12.1 Å². The molecule has 0 aliphatic rings. The van der Waals surface area contributed by atoms with Crippen LogP contribution in [0, 0.1) is 10.5 Å². The molecule has 2 rings (SSSR count). The molecule has 0 amide bonds. The highest BCUT2D eigenvalue weighted by atomic mass is 127. The Morgan fingerprint density at radius 3 is 2.72 bits per heavy atom. The molecule has 2 nitrogen and oxygen atoms in total. The van der Waals surface area contributed by atoms with Crippen molar-refractivity contribution in [3.63, 3.8) is 0 Å². The Labute approximate surface area is 122 Å². The first kappa shape index (κ1) is 13.2. The molecule has 0 radical (unpaired) electrons. The van der Waals surface area contributed by atoms with Gasteiger partial charge in [-0.05, 0) is 59.7 Å². The van der Waals surface area contributed by atoms with E-state index in [9.17, 15) is 0 Å². The van der Waals surface area contributed by atoms with Crippen LogP contribution < -0.4 is 11.1 Å². The van der Waals surface area contributed by atoms with Gasteiger partial charge in [-0.3, -0.25) is 0 Å². The van der Waals surface area contributed by atoms with Crippen molar-refractivity contribution in [2.75, 3.05) is 17.6 Å². The van der Waals surface area contributed by atoms with Gasteiger partial charge in [-0.15, -0.1) is 0 Å². The van der Waals surface area contributed by atoms with Gasteiger partial charge in [0.2, 0.25) is 0 Å². The molecule has 0 aromatic heterocycles. The number of nitrogens with one attached hydrogen (secondary N) is 1. The Morgan fingerprint density at radius 1 is 1.17 bits per heavy atom. The summed E-state index contributed by atoms with van der Waals surface area (Å²) in [6.45, 7) is 3.02. The quantitative estimate of drug-likeness (QED) is 0.648. The summed E-state index contributed by atoms with van der Waals surface area (Å²) in [5.74, 6) is 0.